The van der Waals surface area contributed by atoms with Crippen LogP contribution in [0.4, 0.5) is 11.5 Å². The van der Waals surface area contributed by atoms with Crippen LogP contribution in [-0.2, 0) is 0 Å². The molecule has 0 aliphatic heterocycles. The molecule has 0 atom stereocenters. The number of nitrogen functional groups attached to an aromatic ring is 2. The first-order chi connectivity index (χ1) is 9.16. The minimum absolute atomic E-state index is 0.254. The van der Waals surface area contributed by atoms with E-state index >= 15 is 0 Å². The number of hydrogen-bond donors (Lipinski definition) is 3. The number of nitrogens with two attached hydrogens (primary N) is 2. The van der Waals surface area contributed by atoms with Crippen LogP contribution in [0, 0.1) is 0 Å². The number of nitrogens with one attached hydrogen (secondary N) is 1. The zero-order valence-electron chi connectivity index (χ0n) is 9.69. The highest BCUT2D eigenvalue weighted by Crippen LogP contribution is 2.03. The monoisotopic (exact) mass is 258 g/mol. The van der Waals surface area contributed by atoms with E-state index in [1.807, 2.05) is 0 Å². The molecule has 96 valence electrons. The van der Waals surface area contributed by atoms with Crippen LogP contribution in [0.3, 0.4) is 0 Å². The van der Waals surface area contributed by atoms with Crippen molar-refractivity contribution < 1.29 is 0 Å². The number of rotatable bonds is 0. The van der Waals surface area contributed by atoms with Crippen molar-refractivity contribution in [3.05, 3.63) is 41.6 Å². The van der Waals surface area contributed by atoms with Gasteiger partial charge in [-0.3, -0.25) is 4.79 Å². The van der Waals surface area contributed by atoms with Gasteiger partial charge in [0, 0.05) is 0 Å². The van der Waals surface area contributed by atoms with Gasteiger partial charge in [-0.15, -0.1) is 0 Å². The van der Waals surface area contributed by atoms with Crippen LogP contribution >= 0.6 is 0 Å². The summed E-state index contributed by atoms with van der Waals surface area (Å²) < 4.78 is 0. The number of aromatic amines is 1. The lowest BCUT2D eigenvalue weighted by Gasteiger charge is -1.91. The lowest BCUT2D eigenvalue weighted by Crippen LogP contribution is -2.05. The fourth-order valence-electron chi connectivity index (χ4n) is 1.14. The zero-order chi connectivity index (χ0) is 13.7. The SMILES string of the molecule is Nc1cncnc1N.O=c1cnc2cncnc2[nH]1. The molecule has 0 aromatic carbocycles. The number of nitrogens with zero attached hydrogens (tertiary/aromatic N) is 5. The molecule has 3 aromatic heterocycles. The van der Waals surface area contributed by atoms with Crippen LogP contribution in [0.25, 0.3) is 11.2 Å². The Hall–Kier alpha value is -3.10. The van der Waals surface area contributed by atoms with Crippen molar-refractivity contribution in [1.82, 2.24) is 29.9 Å². The molecule has 0 unspecified atom stereocenters. The fourth-order valence-corrected chi connectivity index (χ4v) is 1.14. The molecule has 3 heterocycles. The van der Waals surface area contributed by atoms with Crippen molar-refractivity contribution in [3.8, 4) is 0 Å². The van der Waals surface area contributed by atoms with E-state index < -0.39 is 0 Å². The summed E-state index contributed by atoms with van der Waals surface area (Å²) in [6.45, 7) is 0. The highest BCUT2D eigenvalue weighted by atomic mass is 16.1. The lowest BCUT2D eigenvalue weighted by atomic mass is 10.5. The molecule has 0 radical (unpaired) electrons. The summed E-state index contributed by atoms with van der Waals surface area (Å²) in [5.41, 5.74) is 11.7. The van der Waals surface area contributed by atoms with Crippen molar-refractivity contribution >= 4 is 22.7 Å². The van der Waals surface area contributed by atoms with Gasteiger partial charge in [-0.2, -0.15) is 0 Å². The predicted molar refractivity (Wildman–Crippen MR) is 68.8 cm³/mol. The minimum Gasteiger partial charge on any atom is -0.394 e. The third kappa shape index (κ3) is 3.19. The molecule has 9 nitrogen and oxygen atoms in total. The standard InChI is InChI=1S/C6H4N4O.C4H6N4/c11-5-2-8-4-1-7-3-9-6(4)10-5;5-3-1-7-2-8-4(3)6/h1-3H,(H,7,9,10,11);1-2H,5H2,(H2,6,7,8). The van der Waals surface area contributed by atoms with E-state index in [-0.39, 0.29) is 5.56 Å². The van der Waals surface area contributed by atoms with E-state index in [0.717, 1.165) is 0 Å². The Bertz CT molecular complexity index is 719. The van der Waals surface area contributed by atoms with Crippen LogP contribution in [0.5, 0.6) is 0 Å². The highest BCUT2D eigenvalue weighted by Gasteiger charge is 1.93. The Morgan fingerprint density at radius 2 is 1.68 bits per heavy atom. The maximum atomic E-state index is 10.7. The number of hydrogen-bond acceptors (Lipinski definition) is 8. The smallest absolute Gasteiger partial charge is 0.268 e. The van der Waals surface area contributed by atoms with E-state index in [0.29, 0.717) is 22.7 Å². The second-order valence-corrected chi connectivity index (χ2v) is 3.37. The molecule has 0 saturated carbocycles. The first kappa shape index (κ1) is 12.4. The summed E-state index contributed by atoms with van der Waals surface area (Å²) >= 11 is 0. The summed E-state index contributed by atoms with van der Waals surface area (Å²) in [5, 5.41) is 0. The number of H-pyrrole nitrogens is 1. The highest BCUT2D eigenvalue weighted by molar-refractivity contribution is 5.66. The number of anilines is 2. The normalized spacial score (nSPS) is 9.68. The quantitative estimate of drug-likeness (QED) is 0.481. The molecule has 0 bridgehead atoms. The second kappa shape index (κ2) is 5.49. The summed E-state index contributed by atoms with van der Waals surface area (Å²) in [6, 6.07) is 0. The molecule has 0 aliphatic carbocycles. The van der Waals surface area contributed by atoms with Gasteiger partial charge in [0.25, 0.3) is 5.56 Å². The van der Waals surface area contributed by atoms with E-state index in [4.69, 9.17) is 11.5 Å². The summed E-state index contributed by atoms with van der Waals surface area (Å²) in [7, 11) is 0. The van der Waals surface area contributed by atoms with Gasteiger partial charge >= 0.3 is 0 Å². The Labute approximate surface area is 106 Å². The third-order valence-corrected chi connectivity index (χ3v) is 2.03. The van der Waals surface area contributed by atoms with Crippen molar-refractivity contribution in [2.75, 3.05) is 11.5 Å². The van der Waals surface area contributed by atoms with Gasteiger partial charge in [0.1, 0.15) is 24.0 Å². The van der Waals surface area contributed by atoms with Gasteiger partial charge in [-0.1, -0.05) is 0 Å². The first-order valence-corrected chi connectivity index (χ1v) is 5.13. The average molecular weight is 258 g/mol. The zero-order valence-corrected chi connectivity index (χ0v) is 9.69. The van der Waals surface area contributed by atoms with Gasteiger partial charge in [0.05, 0.1) is 24.3 Å². The molecule has 0 spiro atoms. The second-order valence-electron chi connectivity index (χ2n) is 3.37. The molecule has 0 saturated heterocycles. The van der Waals surface area contributed by atoms with Crippen molar-refractivity contribution in [2.45, 2.75) is 0 Å². The fraction of sp³-hybridized carbons (Fsp3) is 0. The molecule has 0 aliphatic rings. The van der Waals surface area contributed by atoms with Crippen LogP contribution in [0.15, 0.2) is 36.0 Å². The van der Waals surface area contributed by atoms with Gasteiger partial charge in [0.15, 0.2) is 5.65 Å². The molecular weight excluding hydrogens is 248 g/mol. The Kier molecular flexibility index (Phi) is 3.57. The van der Waals surface area contributed by atoms with E-state index in [2.05, 4.69) is 29.9 Å². The molecule has 5 N–H and O–H groups in total. The van der Waals surface area contributed by atoms with E-state index in [9.17, 15) is 4.79 Å². The Balaban J connectivity index is 0.000000148. The van der Waals surface area contributed by atoms with Crippen molar-refractivity contribution in [1.29, 1.82) is 0 Å². The number of aromatic nitrogens is 6. The Morgan fingerprint density at radius 3 is 2.37 bits per heavy atom. The van der Waals surface area contributed by atoms with E-state index in [1.54, 1.807) is 0 Å². The van der Waals surface area contributed by atoms with Crippen LogP contribution in [-0.4, -0.2) is 29.9 Å². The van der Waals surface area contributed by atoms with Crippen molar-refractivity contribution in [3.63, 3.8) is 0 Å². The third-order valence-electron chi connectivity index (χ3n) is 2.03. The molecule has 3 rings (SSSR count). The maximum Gasteiger partial charge on any atom is 0.268 e. The molecule has 0 fully saturated rings. The predicted octanol–water partition coefficient (Wildman–Crippen LogP) is -0.646. The summed E-state index contributed by atoms with van der Waals surface area (Å²) in [6.07, 6.45) is 6.91. The molecule has 3 aromatic rings. The first-order valence-electron chi connectivity index (χ1n) is 5.13. The van der Waals surface area contributed by atoms with Crippen LogP contribution in [0.1, 0.15) is 0 Å². The average Bonchev–Trinajstić information content (AvgIpc) is 2.43. The maximum absolute atomic E-state index is 10.7. The van der Waals surface area contributed by atoms with Gasteiger partial charge < -0.3 is 16.5 Å². The molecule has 0 amide bonds. The Morgan fingerprint density at radius 1 is 0.947 bits per heavy atom. The molecule has 9 heteroatoms. The van der Waals surface area contributed by atoms with E-state index in [1.165, 1.54) is 31.2 Å². The van der Waals surface area contributed by atoms with Gasteiger partial charge in [0.2, 0.25) is 0 Å². The topological polar surface area (TPSA) is 149 Å². The molecular formula is C10H10N8O. The summed E-state index contributed by atoms with van der Waals surface area (Å²) in [5.74, 6) is 0.333. The van der Waals surface area contributed by atoms with Gasteiger partial charge in [-0.25, -0.2) is 24.9 Å². The van der Waals surface area contributed by atoms with Crippen molar-refractivity contribution in [2.24, 2.45) is 0 Å². The molecule has 19 heavy (non-hydrogen) atoms. The van der Waals surface area contributed by atoms with Crippen LogP contribution < -0.4 is 17.0 Å². The number of fused-ring (bicyclic) bond motifs is 1. The largest absolute Gasteiger partial charge is 0.394 e. The lowest BCUT2D eigenvalue weighted by molar-refractivity contribution is 1.12. The van der Waals surface area contributed by atoms with Crippen LogP contribution in [0.2, 0.25) is 0 Å². The summed E-state index contributed by atoms with van der Waals surface area (Å²) in [4.78, 5) is 31.8. The minimum atomic E-state index is -0.254. The van der Waals surface area contributed by atoms with Gasteiger partial charge in [-0.05, 0) is 0 Å².